The van der Waals surface area contributed by atoms with E-state index in [2.05, 4.69) is 0 Å². The molecule has 4 heteroatoms. The van der Waals surface area contributed by atoms with Gasteiger partial charge in [0.1, 0.15) is 10.7 Å². The molecule has 0 bridgehead atoms. The van der Waals surface area contributed by atoms with Crippen LogP contribution >= 0.6 is 0 Å². The molecular formula is C12H17FO2S. The van der Waals surface area contributed by atoms with Crippen LogP contribution in [0.3, 0.4) is 0 Å². The predicted molar refractivity (Wildman–Crippen MR) is 62.8 cm³/mol. The second-order valence-electron chi connectivity index (χ2n) is 4.77. The lowest BCUT2D eigenvalue weighted by Crippen LogP contribution is -2.16. The van der Waals surface area contributed by atoms with Gasteiger partial charge in [0.25, 0.3) is 0 Å². The van der Waals surface area contributed by atoms with Crippen LogP contribution in [-0.4, -0.2) is 14.2 Å². The van der Waals surface area contributed by atoms with E-state index in [-0.39, 0.29) is 10.6 Å². The van der Waals surface area contributed by atoms with Crippen LogP contribution in [0.15, 0.2) is 23.1 Å². The summed E-state index contributed by atoms with van der Waals surface area (Å²) in [5.74, 6) is -0.700. The second-order valence-corrected chi connectivity index (χ2v) is 7.02. The molecule has 0 unspecified atom stereocenters. The minimum atomic E-state index is -3.49. The first-order chi connectivity index (χ1) is 7.20. The fourth-order valence-electron chi connectivity index (χ4n) is 1.49. The Bertz CT molecular complexity index is 484. The first-order valence-corrected chi connectivity index (χ1v) is 6.87. The summed E-state index contributed by atoms with van der Waals surface area (Å²) in [6.45, 7) is 7.08. The molecule has 0 atom stereocenters. The Labute approximate surface area is 96.4 Å². The van der Waals surface area contributed by atoms with E-state index >= 15 is 0 Å². The van der Waals surface area contributed by atoms with Gasteiger partial charge in [-0.15, -0.1) is 0 Å². The van der Waals surface area contributed by atoms with E-state index in [1.807, 2.05) is 20.8 Å². The van der Waals surface area contributed by atoms with E-state index in [4.69, 9.17) is 0 Å². The summed E-state index contributed by atoms with van der Waals surface area (Å²) in [7, 11) is -3.49. The van der Waals surface area contributed by atoms with E-state index < -0.39 is 21.1 Å². The molecule has 0 saturated heterocycles. The molecule has 0 radical (unpaired) electrons. The Hall–Kier alpha value is -0.900. The van der Waals surface area contributed by atoms with Crippen molar-refractivity contribution in [3.05, 3.63) is 29.6 Å². The third-order valence-corrected chi connectivity index (χ3v) is 4.23. The molecule has 2 nitrogen and oxygen atoms in total. The Morgan fingerprint density at radius 1 is 1.25 bits per heavy atom. The molecule has 0 heterocycles. The lowest BCUT2D eigenvalue weighted by molar-refractivity contribution is 0.503. The standard InChI is InChI=1S/C12H17FO2S/c1-5-16(14,15)10-8-6-7-9(11(10)13)12(2,3)4/h6-8H,5H2,1-4H3. The molecule has 90 valence electrons. The van der Waals surface area contributed by atoms with Gasteiger partial charge in [-0.2, -0.15) is 0 Å². The van der Waals surface area contributed by atoms with Crippen LogP contribution in [0, 0.1) is 5.82 Å². The Morgan fingerprint density at radius 3 is 2.25 bits per heavy atom. The maximum Gasteiger partial charge on any atom is 0.181 e. The summed E-state index contributed by atoms with van der Waals surface area (Å²) >= 11 is 0. The van der Waals surface area contributed by atoms with Gasteiger partial charge in [0.2, 0.25) is 0 Å². The van der Waals surface area contributed by atoms with Gasteiger partial charge in [0.05, 0.1) is 5.75 Å². The Morgan fingerprint density at radius 2 is 1.81 bits per heavy atom. The molecule has 0 saturated carbocycles. The number of benzene rings is 1. The highest BCUT2D eigenvalue weighted by molar-refractivity contribution is 7.91. The van der Waals surface area contributed by atoms with E-state index in [1.54, 1.807) is 12.1 Å². The van der Waals surface area contributed by atoms with E-state index in [9.17, 15) is 12.8 Å². The van der Waals surface area contributed by atoms with Crippen molar-refractivity contribution in [3.63, 3.8) is 0 Å². The van der Waals surface area contributed by atoms with Crippen molar-refractivity contribution >= 4 is 9.84 Å². The van der Waals surface area contributed by atoms with Gasteiger partial charge in [-0.3, -0.25) is 0 Å². The average molecular weight is 244 g/mol. The molecule has 0 fully saturated rings. The molecule has 0 aliphatic heterocycles. The molecule has 1 aromatic rings. The van der Waals surface area contributed by atoms with Crippen LogP contribution in [0.25, 0.3) is 0 Å². The summed E-state index contributed by atoms with van der Waals surface area (Å²) in [6, 6.07) is 4.54. The van der Waals surface area contributed by atoms with Crippen LogP contribution in [0.4, 0.5) is 4.39 Å². The van der Waals surface area contributed by atoms with Crippen LogP contribution in [0.5, 0.6) is 0 Å². The van der Waals surface area contributed by atoms with E-state index in [0.717, 1.165) is 0 Å². The van der Waals surface area contributed by atoms with Gasteiger partial charge in [0.15, 0.2) is 9.84 Å². The smallest absolute Gasteiger partial charge is 0.181 e. The highest BCUT2D eigenvalue weighted by Gasteiger charge is 2.24. The summed E-state index contributed by atoms with van der Waals surface area (Å²) in [4.78, 5) is -0.192. The van der Waals surface area contributed by atoms with Gasteiger partial charge >= 0.3 is 0 Å². The minimum Gasteiger partial charge on any atom is -0.224 e. The van der Waals surface area contributed by atoms with Crippen LogP contribution in [0.1, 0.15) is 33.3 Å². The number of hydrogen-bond donors (Lipinski definition) is 0. The topological polar surface area (TPSA) is 34.1 Å². The van der Waals surface area contributed by atoms with Gasteiger partial charge in [-0.05, 0) is 17.0 Å². The van der Waals surface area contributed by atoms with Crippen molar-refractivity contribution in [1.82, 2.24) is 0 Å². The normalized spacial score (nSPS) is 12.8. The fourth-order valence-corrected chi connectivity index (χ4v) is 2.47. The van der Waals surface area contributed by atoms with Gasteiger partial charge in [0, 0.05) is 0 Å². The largest absolute Gasteiger partial charge is 0.224 e. The van der Waals surface area contributed by atoms with Crippen LogP contribution in [0.2, 0.25) is 0 Å². The highest BCUT2D eigenvalue weighted by atomic mass is 32.2. The average Bonchev–Trinajstić information content (AvgIpc) is 2.16. The first-order valence-electron chi connectivity index (χ1n) is 5.22. The summed E-state index contributed by atoms with van der Waals surface area (Å²) in [5, 5.41) is 0. The third kappa shape index (κ3) is 2.43. The second kappa shape index (κ2) is 4.17. The Balaban J connectivity index is 3.48. The van der Waals surface area contributed by atoms with Crippen molar-refractivity contribution in [2.75, 3.05) is 5.75 Å². The van der Waals surface area contributed by atoms with E-state index in [0.29, 0.717) is 5.56 Å². The molecule has 0 spiro atoms. The lowest BCUT2D eigenvalue weighted by Gasteiger charge is -2.20. The maximum atomic E-state index is 14.1. The number of halogens is 1. The summed E-state index contributed by atoms with van der Waals surface area (Å²) in [5.41, 5.74) is 0.0330. The quantitative estimate of drug-likeness (QED) is 0.801. The van der Waals surface area contributed by atoms with E-state index in [1.165, 1.54) is 13.0 Å². The van der Waals surface area contributed by atoms with Crippen molar-refractivity contribution in [2.45, 2.75) is 38.0 Å². The monoisotopic (exact) mass is 244 g/mol. The van der Waals surface area contributed by atoms with Gasteiger partial charge in [-0.1, -0.05) is 39.8 Å². The summed E-state index contributed by atoms with van der Waals surface area (Å²) in [6.07, 6.45) is 0. The zero-order chi connectivity index (χ0) is 12.6. The highest BCUT2D eigenvalue weighted by Crippen LogP contribution is 2.28. The van der Waals surface area contributed by atoms with Gasteiger partial charge in [-0.25, -0.2) is 12.8 Å². The third-order valence-electron chi connectivity index (χ3n) is 2.49. The Kier molecular flexibility index (Phi) is 3.43. The zero-order valence-corrected chi connectivity index (χ0v) is 10.9. The molecule has 1 aromatic carbocycles. The molecule has 0 aromatic heterocycles. The molecule has 0 N–H and O–H groups in total. The van der Waals surface area contributed by atoms with Crippen LogP contribution < -0.4 is 0 Å². The van der Waals surface area contributed by atoms with Crippen molar-refractivity contribution in [1.29, 1.82) is 0 Å². The minimum absolute atomic E-state index is 0.0858. The zero-order valence-electron chi connectivity index (χ0n) is 10.0. The summed E-state index contributed by atoms with van der Waals surface area (Å²) < 4.78 is 37.4. The number of sulfone groups is 1. The predicted octanol–water partition coefficient (Wildman–Crippen LogP) is 2.92. The van der Waals surface area contributed by atoms with Crippen LogP contribution in [-0.2, 0) is 15.3 Å². The fraction of sp³-hybridized carbons (Fsp3) is 0.500. The molecule has 0 aliphatic rings. The number of rotatable bonds is 2. The SMILES string of the molecule is CCS(=O)(=O)c1cccc(C(C)(C)C)c1F. The molecule has 0 amide bonds. The number of hydrogen-bond acceptors (Lipinski definition) is 2. The molecular weight excluding hydrogens is 227 g/mol. The molecule has 16 heavy (non-hydrogen) atoms. The first kappa shape index (κ1) is 13.2. The van der Waals surface area contributed by atoms with Gasteiger partial charge < -0.3 is 0 Å². The van der Waals surface area contributed by atoms with Crippen molar-refractivity contribution in [3.8, 4) is 0 Å². The van der Waals surface area contributed by atoms with Crippen molar-refractivity contribution < 1.29 is 12.8 Å². The van der Waals surface area contributed by atoms with Crippen molar-refractivity contribution in [2.24, 2.45) is 0 Å². The lowest BCUT2D eigenvalue weighted by atomic mass is 9.87. The maximum absolute atomic E-state index is 14.1. The molecule has 0 aliphatic carbocycles. The molecule has 1 rings (SSSR count).